The van der Waals surface area contributed by atoms with E-state index in [0.717, 1.165) is 0 Å². The number of fused-ring (bicyclic) bond motifs is 3. The lowest BCUT2D eigenvalue weighted by Gasteiger charge is -2.45. The first kappa shape index (κ1) is 27.6. The summed E-state index contributed by atoms with van der Waals surface area (Å²) in [7, 11) is 0. The maximum Gasteiger partial charge on any atom is 0.206 e. The summed E-state index contributed by atoms with van der Waals surface area (Å²) in [5, 5.41) is 46.0. The third-order valence-corrected chi connectivity index (χ3v) is 7.86. The van der Waals surface area contributed by atoms with Crippen LogP contribution in [0.4, 0.5) is 5.69 Å². The van der Waals surface area contributed by atoms with Crippen LogP contribution < -0.4 is 5.73 Å². The number of ketones is 2. The molecule has 198 valence electrons. The van der Waals surface area contributed by atoms with Crippen LogP contribution in [0.5, 0.6) is 11.5 Å². The molecule has 0 fully saturated rings. The number of nitrogens with zero attached hydrogens (tertiary/aromatic N) is 1. The molecule has 8 nitrogen and oxygen atoms in total. The molecule has 0 aliphatic heterocycles. The molecule has 0 bridgehead atoms. The predicted octanol–water partition coefficient (Wildman–Crippen LogP) is 4.54. The van der Waals surface area contributed by atoms with Gasteiger partial charge in [0, 0.05) is 10.9 Å². The van der Waals surface area contributed by atoms with Gasteiger partial charge < -0.3 is 26.2 Å². The number of phenolic OH excluding ortho intramolecular Hbond substituents is 2. The van der Waals surface area contributed by atoms with E-state index in [1.807, 2.05) is 0 Å². The van der Waals surface area contributed by atoms with E-state index >= 15 is 0 Å². The minimum atomic E-state index is -2.58. The van der Waals surface area contributed by atoms with Gasteiger partial charge in [0.15, 0.2) is 11.4 Å². The highest BCUT2D eigenvalue weighted by Crippen LogP contribution is 2.50. The van der Waals surface area contributed by atoms with Crippen LogP contribution in [0.25, 0.3) is 10.8 Å². The van der Waals surface area contributed by atoms with Crippen molar-refractivity contribution in [3.8, 4) is 11.5 Å². The van der Waals surface area contributed by atoms with Crippen molar-refractivity contribution >= 4 is 57.7 Å². The average Bonchev–Trinajstić information content (AvgIpc) is 2.85. The van der Waals surface area contributed by atoms with E-state index in [1.54, 1.807) is 50.2 Å². The molecule has 3 aromatic carbocycles. The number of aliphatic hydroxyl groups excluding tert-OH is 1. The van der Waals surface area contributed by atoms with E-state index in [2.05, 4.69) is 4.99 Å². The van der Waals surface area contributed by atoms with Gasteiger partial charge in [0.1, 0.15) is 17.3 Å². The summed E-state index contributed by atoms with van der Waals surface area (Å²) in [4.78, 5) is 31.6. The number of halogens is 2. The van der Waals surface area contributed by atoms with Crippen LogP contribution in [0.1, 0.15) is 34.0 Å². The minimum Gasteiger partial charge on any atom is -0.508 e. The van der Waals surface area contributed by atoms with Crippen LogP contribution in [0.3, 0.4) is 0 Å². The van der Waals surface area contributed by atoms with Crippen LogP contribution in [-0.2, 0) is 11.2 Å². The van der Waals surface area contributed by atoms with E-state index in [0.29, 0.717) is 32.8 Å². The van der Waals surface area contributed by atoms with Crippen LogP contribution in [0.15, 0.2) is 52.7 Å². The number of phenols is 2. The molecule has 0 aromatic heterocycles. The second-order valence-electron chi connectivity index (χ2n) is 9.67. The second kappa shape index (κ2) is 9.39. The predicted molar refractivity (Wildman–Crippen MR) is 147 cm³/mol. The summed E-state index contributed by atoms with van der Waals surface area (Å²) in [6.07, 6.45) is -0.0564. The lowest BCUT2D eigenvalue weighted by Crippen LogP contribution is -2.63. The standard InChI is InChI=1S/C28H25ClN2O6.ClH/c1-11-4-9-16-12(2)17-10-18-22(30)25(34)19(13(3)31-15-7-5-14(29)6-8-15)26(35)28(18,37)27(36)21(17)24(33)20(16)23(11)32;/h4-9,18,22,32-33,35,37H,10,30H2,1-3H3;1H/t18-,22+,28+;/m0./s1. The number of aromatic hydroxyl groups is 2. The summed E-state index contributed by atoms with van der Waals surface area (Å²) in [5.74, 6) is -4.39. The number of Topliss-reactive ketones (excluding diaryl/α,β-unsaturated/α-hetero) is 2. The van der Waals surface area contributed by atoms with Crippen LogP contribution in [-0.4, -0.2) is 49.3 Å². The fourth-order valence-corrected chi connectivity index (χ4v) is 5.66. The van der Waals surface area contributed by atoms with Crippen molar-refractivity contribution in [2.24, 2.45) is 16.6 Å². The number of hydrogen-bond acceptors (Lipinski definition) is 8. The third kappa shape index (κ3) is 3.71. The molecule has 0 amide bonds. The van der Waals surface area contributed by atoms with Crippen LogP contribution in [0.2, 0.25) is 5.02 Å². The molecule has 0 unspecified atom stereocenters. The number of aryl methyl sites for hydroxylation is 2. The summed E-state index contributed by atoms with van der Waals surface area (Å²) in [5.41, 5.74) is 5.13. The normalized spacial score (nSPS) is 23.3. The molecule has 0 spiro atoms. The first-order chi connectivity index (χ1) is 17.4. The molecular formula is C28H26Cl2N2O6. The van der Waals surface area contributed by atoms with Gasteiger partial charge in [-0.3, -0.25) is 14.6 Å². The molecule has 2 aliphatic rings. The Morgan fingerprint density at radius 1 is 1.05 bits per heavy atom. The summed E-state index contributed by atoms with van der Waals surface area (Å²) < 4.78 is 0. The average molecular weight is 557 g/mol. The molecule has 10 heteroatoms. The fourth-order valence-electron chi connectivity index (χ4n) is 5.53. The van der Waals surface area contributed by atoms with E-state index in [1.165, 1.54) is 6.92 Å². The quantitative estimate of drug-likeness (QED) is 0.290. The molecule has 0 heterocycles. The van der Waals surface area contributed by atoms with Crippen LogP contribution in [0, 0.1) is 19.8 Å². The van der Waals surface area contributed by atoms with Gasteiger partial charge in [0.25, 0.3) is 0 Å². The van der Waals surface area contributed by atoms with Gasteiger partial charge in [0.05, 0.1) is 34.0 Å². The lowest BCUT2D eigenvalue weighted by atomic mass is 9.61. The monoisotopic (exact) mass is 556 g/mol. The summed E-state index contributed by atoms with van der Waals surface area (Å²) >= 11 is 5.92. The van der Waals surface area contributed by atoms with E-state index in [9.17, 15) is 30.0 Å². The van der Waals surface area contributed by atoms with Crippen molar-refractivity contribution < 1.29 is 30.0 Å². The Labute approximate surface area is 229 Å². The topological polar surface area (TPSA) is 153 Å². The van der Waals surface area contributed by atoms with Crippen molar-refractivity contribution in [3.63, 3.8) is 0 Å². The molecule has 38 heavy (non-hydrogen) atoms. The van der Waals surface area contributed by atoms with Crippen LogP contribution >= 0.6 is 24.0 Å². The Morgan fingerprint density at radius 3 is 2.32 bits per heavy atom. The highest BCUT2D eigenvalue weighted by Gasteiger charge is 2.60. The Kier molecular flexibility index (Phi) is 6.82. The summed E-state index contributed by atoms with van der Waals surface area (Å²) in [6, 6.07) is 8.52. The number of rotatable bonds is 2. The molecule has 3 atom stereocenters. The number of aliphatic imine (C=N–C) groups is 1. The molecule has 5 rings (SSSR count). The van der Waals surface area contributed by atoms with Gasteiger partial charge in [-0.05, 0) is 73.5 Å². The number of carbonyl (C=O) groups excluding carboxylic acids is 2. The second-order valence-corrected chi connectivity index (χ2v) is 10.1. The van der Waals surface area contributed by atoms with Gasteiger partial charge in [-0.15, -0.1) is 12.4 Å². The maximum atomic E-state index is 13.9. The fraction of sp³-hybridized carbons (Fsp3) is 0.250. The Morgan fingerprint density at radius 2 is 1.68 bits per heavy atom. The number of aliphatic hydroxyl groups is 2. The number of carbonyl (C=O) groups is 2. The number of nitrogens with two attached hydrogens (primary N) is 1. The maximum absolute atomic E-state index is 13.9. The van der Waals surface area contributed by atoms with Crippen molar-refractivity contribution in [1.29, 1.82) is 0 Å². The highest BCUT2D eigenvalue weighted by molar-refractivity contribution is 6.30. The highest BCUT2D eigenvalue weighted by atomic mass is 35.5. The van der Waals surface area contributed by atoms with Crippen molar-refractivity contribution in [1.82, 2.24) is 0 Å². The van der Waals surface area contributed by atoms with Crippen molar-refractivity contribution in [2.75, 3.05) is 0 Å². The largest absolute Gasteiger partial charge is 0.508 e. The lowest BCUT2D eigenvalue weighted by molar-refractivity contribution is -0.122. The van der Waals surface area contributed by atoms with E-state index in [4.69, 9.17) is 17.3 Å². The molecule has 0 radical (unpaired) electrons. The molecule has 0 saturated carbocycles. The number of hydrogen-bond donors (Lipinski definition) is 5. The minimum absolute atomic E-state index is 0. The first-order valence-corrected chi connectivity index (χ1v) is 12.1. The smallest absolute Gasteiger partial charge is 0.206 e. The molecule has 3 aromatic rings. The Balaban J connectivity index is 0.00000336. The van der Waals surface area contributed by atoms with Gasteiger partial charge in [0.2, 0.25) is 5.78 Å². The zero-order valence-corrected chi connectivity index (χ0v) is 22.3. The molecule has 6 N–H and O–H groups in total. The van der Waals surface area contributed by atoms with Gasteiger partial charge in [-0.2, -0.15) is 0 Å². The van der Waals surface area contributed by atoms with E-state index in [-0.39, 0.29) is 46.8 Å². The molecule has 0 saturated heterocycles. The Hall–Kier alpha value is -3.43. The third-order valence-electron chi connectivity index (χ3n) is 7.61. The van der Waals surface area contributed by atoms with Crippen molar-refractivity contribution in [3.05, 3.63) is 75.0 Å². The molecular weight excluding hydrogens is 531 g/mol. The van der Waals surface area contributed by atoms with Gasteiger partial charge in [-0.1, -0.05) is 23.7 Å². The van der Waals surface area contributed by atoms with Crippen molar-refractivity contribution in [2.45, 2.75) is 38.8 Å². The zero-order chi connectivity index (χ0) is 27.0. The first-order valence-electron chi connectivity index (χ1n) is 11.7. The summed E-state index contributed by atoms with van der Waals surface area (Å²) in [6.45, 7) is 4.85. The Bertz CT molecular complexity index is 1600. The van der Waals surface area contributed by atoms with E-state index < -0.39 is 40.6 Å². The number of benzene rings is 3. The SMILES string of the molecule is CC(=Nc1ccc(Cl)cc1)C1=C(O)[C@@]2(O)C(=O)c3c(c(C)c4ccc(C)c(O)c4c3O)C[C@H]2[C@@H](N)C1=O.Cl. The van der Waals surface area contributed by atoms with Gasteiger partial charge in [-0.25, -0.2) is 0 Å². The zero-order valence-electron chi connectivity index (χ0n) is 20.7. The van der Waals surface area contributed by atoms with Gasteiger partial charge >= 0.3 is 0 Å². The molecule has 2 aliphatic carbocycles.